The van der Waals surface area contributed by atoms with Gasteiger partial charge in [0.1, 0.15) is 6.10 Å². The van der Waals surface area contributed by atoms with Crippen molar-refractivity contribution in [3.8, 4) is 0 Å². The third-order valence-corrected chi connectivity index (χ3v) is 3.37. The van der Waals surface area contributed by atoms with Crippen molar-refractivity contribution in [1.29, 1.82) is 0 Å². The van der Waals surface area contributed by atoms with Gasteiger partial charge in [-0.2, -0.15) is 0 Å². The summed E-state index contributed by atoms with van der Waals surface area (Å²) < 4.78 is 5.44. The summed E-state index contributed by atoms with van der Waals surface area (Å²) in [6, 6.07) is 0. The Morgan fingerprint density at radius 3 is 2.67 bits per heavy atom. The van der Waals surface area contributed by atoms with Crippen molar-refractivity contribution >= 4 is 5.78 Å². The van der Waals surface area contributed by atoms with Gasteiger partial charge in [-0.05, 0) is 25.2 Å². The number of ketones is 1. The quantitative estimate of drug-likeness (QED) is 0.772. The third-order valence-electron chi connectivity index (χ3n) is 3.37. The smallest absolute Gasteiger partial charge is 0.166 e. The minimum absolute atomic E-state index is 0.103. The van der Waals surface area contributed by atoms with Crippen LogP contribution in [0, 0.1) is 5.92 Å². The van der Waals surface area contributed by atoms with Crippen molar-refractivity contribution in [2.45, 2.75) is 45.6 Å². The van der Waals surface area contributed by atoms with Crippen LogP contribution in [0.3, 0.4) is 0 Å². The predicted octanol–water partition coefficient (Wildman–Crippen LogP) is 2.73. The highest BCUT2D eigenvalue weighted by Gasteiger charge is 2.22. The van der Waals surface area contributed by atoms with Crippen LogP contribution in [0.2, 0.25) is 0 Å². The maximum Gasteiger partial charge on any atom is 0.166 e. The number of ether oxygens (including phenoxy) is 1. The number of aryl methyl sites for hydroxylation is 1. The fraction of sp³-hybridized carbons (Fsp3) is 0.643. The average Bonchev–Trinajstić information content (AvgIpc) is 2.52. The van der Waals surface area contributed by atoms with E-state index < -0.39 is 0 Å². The Labute approximate surface area is 108 Å². The maximum atomic E-state index is 11.9. The lowest BCUT2D eigenvalue weighted by molar-refractivity contribution is 0.0572. The molecule has 0 bridgehead atoms. The van der Waals surface area contributed by atoms with E-state index in [9.17, 15) is 4.79 Å². The molecule has 4 heteroatoms. The summed E-state index contributed by atoms with van der Waals surface area (Å²) in [6.45, 7) is 4.16. The van der Waals surface area contributed by atoms with Crippen LogP contribution in [0.4, 0.5) is 0 Å². The molecule has 0 saturated heterocycles. The number of hydrogen-bond acceptors (Lipinski definition) is 4. The molecule has 2 rings (SSSR count). The molecule has 0 fully saturated rings. The summed E-state index contributed by atoms with van der Waals surface area (Å²) in [5, 5.41) is 0. The zero-order chi connectivity index (χ0) is 13.1. The lowest BCUT2D eigenvalue weighted by Gasteiger charge is -2.18. The SMILES string of the molecule is COC(c1ncc2c(n1)CCCCC2=O)C(C)C. The first kappa shape index (κ1) is 13.1. The molecule has 1 aliphatic rings. The molecule has 1 heterocycles. The van der Waals surface area contributed by atoms with Gasteiger partial charge in [0.15, 0.2) is 11.6 Å². The number of carbonyl (C=O) groups is 1. The van der Waals surface area contributed by atoms with Crippen LogP contribution in [-0.2, 0) is 11.2 Å². The van der Waals surface area contributed by atoms with E-state index in [4.69, 9.17) is 4.74 Å². The number of hydrogen-bond donors (Lipinski definition) is 0. The molecule has 0 N–H and O–H groups in total. The summed E-state index contributed by atoms with van der Waals surface area (Å²) in [5.74, 6) is 1.18. The molecule has 0 aromatic carbocycles. The minimum atomic E-state index is -0.103. The number of nitrogens with zero attached hydrogens (tertiary/aromatic N) is 2. The summed E-state index contributed by atoms with van der Waals surface area (Å²) >= 11 is 0. The number of fused-ring (bicyclic) bond motifs is 1. The number of Topliss-reactive ketones (excluding diaryl/α,β-unsaturated/α-hetero) is 1. The van der Waals surface area contributed by atoms with E-state index in [1.54, 1.807) is 13.3 Å². The summed E-state index contributed by atoms with van der Waals surface area (Å²) in [6.07, 6.45) is 5.03. The molecule has 98 valence electrons. The molecular weight excluding hydrogens is 228 g/mol. The van der Waals surface area contributed by atoms with Gasteiger partial charge >= 0.3 is 0 Å². The second kappa shape index (κ2) is 5.57. The standard InChI is InChI=1S/C14H20N2O2/c1-9(2)13(18-3)14-15-8-10-11(16-14)6-4-5-7-12(10)17/h8-9,13H,4-7H2,1-3H3. The summed E-state index contributed by atoms with van der Waals surface area (Å²) in [5.41, 5.74) is 1.60. The molecule has 1 unspecified atom stereocenters. The first-order valence-corrected chi connectivity index (χ1v) is 6.55. The fourth-order valence-corrected chi connectivity index (χ4v) is 2.38. The molecule has 0 radical (unpaired) electrons. The molecule has 1 aromatic heterocycles. The van der Waals surface area contributed by atoms with Gasteiger partial charge in [-0.1, -0.05) is 13.8 Å². The molecule has 0 amide bonds. The van der Waals surface area contributed by atoms with Crippen LogP contribution in [0.25, 0.3) is 0 Å². The van der Waals surface area contributed by atoms with Gasteiger partial charge < -0.3 is 4.74 Å². The first-order valence-electron chi connectivity index (χ1n) is 6.55. The largest absolute Gasteiger partial charge is 0.373 e. The van der Waals surface area contributed by atoms with Crippen LogP contribution in [0.5, 0.6) is 0 Å². The molecule has 4 nitrogen and oxygen atoms in total. The number of methoxy groups -OCH3 is 1. The topological polar surface area (TPSA) is 52.1 Å². The lowest BCUT2D eigenvalue weighted by atomic mass is 10.1. The van der Waals surface area contributed by atoms with Crippen LogP contribution < -0.4 is 0 Å². The van der Waals surface area contributed by atoms with Gasteiger partial charge in [-0.3, -0.25) is 4.79 Å². The molecule has 1 atom stereocenters. The predicted molar refractivity (Wildman–Crippen MR) is 68.5 cm³/mol. The van der Waals surface area contributed by atoms with Crippen molar-refractivity contribution in [3.05, 3.63) is 23.3 Å². The van der Waals surface area contributed by atoms with Gasteiger partial charge in [0.25, 0.3) is 0 Å². The second-order valence-electron chi connectivity index (χ2n) is 5.12. The molecule has 1 aliphatic carbocycles. The Hall–Kier alpha value is -1.29. The number of rotatable bonds is 3. The minimum Gasteiger partial charge on any atom is -0.373 e. The van der Waals surface area contributed by atoms with Crippen LogP contribution in [-0.4, -0.2) is 22.9 Å². The van der Waals surface area contributed by atoms with Crippen molar-refractivity contribution in [2.75, 3.05) is 7.11 Å². The number of carbonyl (C=O) groups excluding carboxylic acids is 1. The normalized spacial score (nSPS) is 17.4. The third kappa shape index (κ3) is 2.58. The summed E-state index contributed by atoms with van der Waals surface area (Å²) in [4.78, 5) is 20.8. The second-order valence-corrected chi connectivity index (χ2v) is 5.12. The molecule has 0 spiro atoms. The zero-order valence-electron chi connectivity index (χ0n) is 11.3. The van der Waals surface area contributed by atoms with Crippen LogP contribution in [0.1, 0.15) is 61.1 Å². The Bertz CT molecular complexity index is 443. The van der Waals surface area contributed by atoms with Gasteiger partial charge in [-0.25, -0.2) is 9.97 Å². The van der Waals surface area contributed by atoms with Gasteiger partial charge in [0.2, 0.25) is 0 Å². The Balaban J connectivity index is 2.36. The van der Waals surface area contributed by atoms with Crippen molar-refractivity contribution < 1.29 is 9.53 Å². The molecule has 18 heavy (non-hydrogen) atoms. The van der Waals surface area contributed by atoms with Crippen molar-refractivity contribution in [3.63, 3.8) is 0 Å². The van der Waals surface area contributed by atoms with Crippen LogP contribution in [0.15, 0.2) is 6.20 Å². The van der Waals surface area contributed by atoms with E-state index in [1.165, 1.54) is 0 Å². The zero-order valence-corrected chi connectivity index (χ0v) is 11.3. The Morgan fingerprint density at radius 1 is 1.28 bits per heavy atom. The van der Waals surface area contributed by atoms with E-state index in [0.717, 1.165) is 25.0 Å². The Kier molecular flexibility index (Phi) is 4.07. The highest BCUT2D eigenvalue weighted by molar-refractivity contribution is 5.97. The van der Waals surface area contributed by atoms with Crippen LogP contribution >= 0.6 is 0 Å². The van der Waals surface area contributed by atoms with Gasteiger partial charge in [0, 0.05) is 19.7 Å². The van der Waals surface area contributed by atoms with E-state index >= 15 is 0 Å². The van der Waals surface area contributed by atoms with Crippen molar-refractivity contribution in [1.82, 2.24) is 9.97 Å². The highest BCUT2D eigenvalue weighted by atomic mass is 16.5. The summed E-state index contributed by atoms with van der Waals surface area (Å²) in [7, 11) is 1.67. The fourth-order valence-electron chi connectivity index (χ4n) is 2.38. The molecule has 0 saturated carbocycles. The first-order chi connectivity index (χ1) is 8.63. The van der Waals surface area contributed by atoms with E-state index in [-0.39, 0.29) is 11.9 Å². The van der Waals surface area contributed by atoms with Gasteiger partial charge in [-0.15, -0.1) is 0 Å². The van der Waals surface area contributed by atoms with E-state index in [0.29, 0.717) is 23.7 Å². The highest BCUT2D eigenvalue weighted by Crippen LogP contribution is 2.24. The monoisotopic (exact) mass is 248 g/mol. The molecule has 1 aromatic rings. The van der Waals surface area contributed by atoms with E-state index in [2.05, 4.69) is 23.8 Å². The van der Waals surface area contributed by atoms with Crippen molar-refractivity contribution in [2.24, 2.45) is 5.92 Å². The Morgan fingerprint density at radius 2 is 2.00 bits per heavy atom. The molecule has 0 aliphatic heterocycles. The number of aromatic nitrogens is 2. The van der Waals surface area contributed by atoms with E-state index in [1.807, 2.05) is 0 Å². The molecular formula is C14H20N2O2. The average molecular weight is 248 g/mol. The lowest BCUT2D eigenvalue weighted by Crippen LogP contribution is -2.15. The van der Waals surface area contributed by atoms with Gasteiger partial charge in [0.05, 0.1) is 11.3 Å². The maximum absolute atomic E-state index is 11.9.